The molecular formula is C15H16INO2. The molecule has 0 spiro atoms. The summed E-state index contributed by atoms with van der Waals surface area (Å²) in [6.45, 7) is 4.01. The van der Waals surface area contributed by atoms with Crippen molar-refractivity contribution < 1.29 is 10.2 Å². The minimum absolute atomic E-state index is 0.0920. The molecule has 0 aliphatic carbocycles. The van der Waals surface area contributed by atoms with Gasteiger partial charge in [0.15, 0.2) is 0 Å². The minimum Gasteiger partial charge on any atom is -0.508 e. The molecule has 100 valence electrons. The molecule has 0 bridgehead atoms. The summed E-state index contributed by atoms with van der Waals surface area (Å²) < 4.78 is 1.19. The molecule has 2 rings (SSSR count). The molecule has 2 aromatic carbocycles. The molecule has 1 unspecified atom stereocenters. The quantitative estimate of drug-likeness (QED) is 0.562. The lowest BCUT2D eigenvalue weighted by molar-refractivity contribution is 0.451. The van der Waals surface area contributed by atoms with E-state index in [1.54, 1.807) is 6.07 Å². The standard InChI is InChI=1S/C15H16INO2/c1-9-3-4-11(7-14(9)16)17-10(2)13-8-12(18)5-6-15(13)19/h3-8,10,17-19H,1-2H3. The summed E-state index contributed by atoms with van der Waals surface area (Å²) in [7, 11) is 0. The van der Waals surface area contributed by atoms with E-state index in [4.69, 9.17) is 0 Å². The van der Waals surface area contributed by atoms with Gasteiger partial charge < -0.3 is 15.5 Å². The van der Waals surface area contributed by atoms with Gasteiger partial charge in [0.2, 0.25) is 0 Å². The van der Waals surface area contributed by atoms with Gasteiger partial charge in [0.1, 0.15) is 11.5 Å². The van der Waals surface area contributed by atoms with E-state index >= 15 is 0 Å². The number of aromatic hydroxyl groups is 2. The van der Waals surface area contributed by atoms with E-state index in [9.17, 15) is 10.2 Å². The molecule has 2 aromatic rings. The Hall–Kier alpha value is -1.43. The summed E-state index contributed by atoms with van der Waals surface area (Å²) in [5.74, 6) is 0.333. The molecule has 0 saturated heterocycles. The molecule has 0 radical (unpaired) electrons. The lowest BCUT2D eigenvalue weighted by Crippen LogP contribution is -2.07. The Labute approximate surface area is 126 Å². The van der Waals surface area contributed by atoms with Gasteiger partial charge in [-0.25, -0.2) is 0 Å². The third kappa shape index (κ3) is 3.32. The third-order valence-corrected chi connectivity index (χ3v) is 4.19. The first-order valence-corrected chi connectivity index (χ1v) is 7.10. The maximum atomic E-state index is 9.83. The van der Waals surface area contributed by atoms with Gasteiger partial charge in [0.25, 0.3) is 0 Å². The normalized spacial score (nSPS) is 12.2. The second-order valence-corrected chi connectivity index (χ2v) is 5.74. The number of phenols is 2. The zero-order chi connectivity index (χ0) is 14.0. The van der Waals surface area contributed by atoms with Gasteiger partial charge in [0, 0.05) is 14.8 Å². The predicted octanol–water partition coefficient (Wildman–Crippen LogP) is 4.18. The number of nitrogens with one attached hydrogen (secondary N) is 1. The second kappa shape index (κ2) is 5.69. The lowest BCUT2D eigenvalue weighted by Gasteiger charge is -2.17. The highest BCUT2D eigenvalue weighted by Gasteiger charge is 2.11. The van der Waals surface area contributed by atoms with E-state index in [0.29, 0.717) is 5.56 Å². The van der Waals surface area contributed by atoms with Crippen LogP contribution in [0.5, 0.6) is 11.5 Å². The van der Waals surface area contributed by atoms with Crippen molar-refractivity contribution in [1.82, 2.24) is 0 Å². The fourth-order valence-electron chi connectivity index (χ4n) is 1.90. The highest BCUT2D eigenvalue weighted by Crippen LogP contribution is 2.30. The van der Waals surface area contributed by atoms with Gasteiger partial charge in [-0.3, -0.25) is 0 Å². The minimum atomic E-state index is -0.0920. The van der Waals surface area contributed by atoms with E-state index in [1.807, 2.05) is 13.0 Å². The third-order valence-electron chi connectivity index (χ3n) is 3.03. The van der Waals surface area contributed by atoms with Crippen LogP contribution in [0.25, 0.3) is 0 Å². The van der Waals surface area contributed by atoms with Crippen molar-refractivity contribution in [1.29, 1.82) is 0 Å². The Kier molecular flexibility index (Phi) is 4.19. The number of hydrogen-bond acceptors (Lipinski definition) is 3. The Morgan fingerprint density at radius 1 is 1.11 bits per heavy atom. The van der Waals surface area contributed by atoms with E-state index in [0.717, 1.165) is 5.69 Å². The van der Waals surface area contributed by atoms with Gasteiger partial charge in [-0.15, -0.1) is 0 Å². The molecular weight excluding hydrogens is 353 g/mol. The van der Waals surface area contributed by atoms with Crippen LogP contribution in [0.1, 0.15) is 24.1 Å². The first-order chi connectivity index (χ1) is 8.97. The van der Waals surface area contributed by atoms with Crippen molar-refractivity contribution in [3.8, 4) is 11.5 Å². The second-order valence-electron chi connectivity index (χ2n) is 4.57. The molecule has 0 heterocycles. The molecule has 3 N–H and O–H groups in total. The van der Waals surface area contributed by atoms with Gasteiger partial charge in [-0.05, 0) is 72.3 Å². The largest absolute Gasteiger partial charge is 0.508 e. The van der Waals surface area contributed by atoms with Crippen molar-refractivity contribution in [2.45, 2.75) is 19.9 Å². The summed E-state index contributed by atoms with van der Waals surface area (Å²) in [5, 5.41) is 22.6. The molecule has 3 nitrogen and oxygen atoms in total. The summed E-state index contributed by atoms with van der Waals surface area (Å²) in [4.78, 5) is 0. The maximum absolute atomic E-state index is 9.83. The summed E-state index contributed by atoms with van der Waals surface area (Å²) >= 11 is 2.29. The topological polar surface area (TPSA) is 52.5 Å². The Morgan fingerprint density at radius 3 is 2.53 bits per heavy atom. The van der Waals surface area contributed by atoms with Crippen LogP contribution >= 0.6 is 22.6 Å². The summed E-state index contributed by atoms with van der Waals surface area (Å²) in [5.41, 5.74) is 2.90. The Morgan fingerprint density at radius 2 is 1.84 bits per heavy atom. The zero-order valence-electron chi connectivity index (χ0n) is 10.8. The molecule has 0 amide bonds. The number of anilines is 1. The predicted molar refractivity (Wildman–Crippen MR) is 85.7 cm³/mol. The van der Waals surface area contributed by atoms with Gasteiger partial charge in [-0.1, -0.05) is 6.07 Å². The SMILES string of the molecule is Cc1ccc(NC(C)c2cc(O)ccc2O)cc1I. The van der Waals surface area contributed by atoms with Crippen molar-refractivity contribution in [2.24, 2.45) is 0 Å². The van der Waals surface area contributed by atoms with Crippen molar-refractivity contribution in [3.63, 3.8) is 0 Å². The van der Waals surface area contributed by atoms with Crippen molar-refractivity contribution in [3.05, 3.63) is 51.1 Å². The molecule has 0 aliphatic heterocycles. The summed E-state index contributed by atoms with van der Waals surface area (Å²) in [6, 6.07) is 10.6. The number of benzene rings is 2. The molecule has 0 aromatic heterocycles. The molecule has 0 saturated carbocycles. The Balaban J connectivity index is 2.22. The van der Waals surface area contributed by atoms with Crippen LogP contribution in [-0.4, -0.2) is 10.2 Å². The van der Waals surface area contributed by atoms with Gasteiger partial charge in [0.05, 0.1) is 6.04 Å². The first kappa shape index (κ1) is 14.0. The van der Waals surface area contributed by atoms with Gasteiger partial charge in [-0.2, -0.15) is 0 Å². The monoisotopic (exact) mass is 369 g/mol. The fourth-order valence-corrected chi connectivity index (χ4v) is 2.41. The van der Waals surface area contributed by atoms with E-state index in [2.05, 4.69) is 47.0 Å². The van der Waals surface area contributed by atoms with E-state index < -0.39 is 0 Å². The van der Waals surface area contributed by atoms with Crippen LogP contribution in [0, 0.1) is 10.5 Å². The van der Waals surface area contributed by atoms with E-state index in [-0.39, 0.29) is 17.5 Å². The lowest BCUT2D eigenvalue weighted by atomic mass is 10.1. The zero-order valence-corrected chi connectivity index (χ0v) is 13.0. The fraction of sp³-hybridized carbons (Fsp3) is 0.200. The van der Waals surface area contributed by atoms with Crippen molar-refractivity contribution >= 4 is 28.3 Å². The smallest absolute Gasteiger partial charge is 0.121 e. The van der Waals surface area contributed by atoms with Crippen LogP contribution in [0.15, 0.2) is 36.4 Å². The molecule has 0 aliphatic rings. The van der Waals surface area contributed by atoms with Crippen LogP contribution in [-0.2, 0) is 0 Å². The maximum Gasteiger partial charge on any atom is 0.121 e. The molecule has 19 heavy (non-hydrogen) atoms. The number of aryl methyl sites for hydroxylation is 1. The molecule has 4 heteroatoms. The average Bonchev–Trinajstić information content (AvgIpc) is 2.36. The number of hydrogen-bond donors (Lipinski definition) is 3. The molecule has 1 atom stereocenters. The Bertz CT molecular complexity index is 599. The van der Waals surface area contributed by atoms with Crippen LogP contribution in [0.2, 0.25) is 0 Å². The number of phenolic OH excluding ortho intramolecular Hbond substituents is 2. The van der Waals surface area contributed by atoms with Crippen LogP contribution < -0.4 is 5.32 Å². The van der Waals surface area contributed by atoms with Crippen LogP contribution in [0.3, 0.4) is 0 Å². The first-order valence-electron chi connectivity index (χ1n) is 6.02. The molecule has 0 fully saturated rings. The van der Waals surface area contributed by atoms with E-state index in [1.165, 1.54) is 21.3 Å². The number of rotatable bonds is 3. The average molecular weight is 369 g/mol. The summed E-state index contributed by atoms with van der Waals surface area (Å²) in [6.07, 6.45) is 0. The highest BCUT2D eigenvalue weighted by atomic mass is 127. The van der Waals surface area contributed by atoms with Crippen LogP contribution in [0.4, 0.5) is 5.69 Å². The van der Waals surface area contributed by atoms with Crippen molar-refractivity contribution in [2.75, 3.05) is 5.32 Å². The number of halogens is 1. The highest BCUT2D eigenvalue weighted by molar-refractivity contribution is 14.1. The van der Waals surface area contributed by atoms with Gasteiger partial charge >= 0.3 is 0 Å².